The Kier molecular flexibility index (Phi) is 5.68. The SMILES string of the molecule is CCCCC(=O)Nc1cc(C(=O)N2CCOCC2)ccn1. The van der Waals surface area contributed by atoms with Crippen molar-refractivity contribution in [2.75, 3.05) is 31.6 Å². The molecule has 21 heavy (non-hydrogen) atoms. The Morgan fingerprint density at radius 3 is 2.86 bits per heavy atom. The predicted octanol–water partition coefficient (Wildman–Crippen LogP) is 1.68. The molecule has 1 fully saturated rings. The first-order chi connectivity index (χ1) is 10.2. The van der Waals surface area contributed by atoms with Crippen LogP contribution < -0.4 is 5.32 Å². The highest BCUT2D eigenvalue weighted by molar-refractivity contribution is 5.96. The van der Waals surface area contributed by atoms with Gasteiger partial charge in [-0.2, -0.15) is 0 Å². The number of hydrogen-bond donors (Lipinski definition) is 1. The fourth-order valence-electron chi connectivity index (χ4n) is 2.12. The highest BCUT2D eigenvalue weighted by atomic mass is 16.5. The Morgan fingerprint density at radius 1 is 1.38 bits per heavy atom. The van der Waals surface area contributed by atoms with E-state index in [2.05, 4.69) is 10.3 Å². The summed E-state index contributed by atoms with van der Waals surface area (Å²) in [6.45, 7) is 4.36. The summed E-state index contributed by atoms with van der Waals surface area (Å²) in [5, 5.41) is 2.73. The minimum Gasteiger partial charge on any atom is -0.378 e. The number of unbranched alkanes of at least 4 members (excludes halogenated alkanes) is 1. The molecule has 6 nitrogen and oxygen atoms in total. The molecule has 0 bridgehead atoms. The van der Waals surface area contributed by atoms with Crippen molar-refractivity contribution in [3.63, 3.8) is 0 Å². The molecule has 2 amide bonds. The second-order valence-electron chi connectivity index (χ2n) is 4.99. The number of rotatable bonds is 5. The molecule has 6 heteroatoms. The number of carbonyl (C=O) groups is 2. The summed E-state index contributed by atoms with van der Waals surface area (Å²) in [6.07, 6.45) is 3.83. The van der Waals surface area contributed by atoms with Crippen LogP contribution in [0.1, 0.15) is 36.5 Å². The van der Waals surface area contributed by atoms with Gasteiger partial charge in [0.05, 0.1) is 13.2 Å². The number of carbonyl (C=O) groups excluding carboxylic acids is 2. The topological polar surface area (TPSA) is 71.5 Å². The molecule has 1 N–H and O–H groups in total. The maximum absolute atomic E-state index is 12.3. The average Bonchev–Trinajstić information content (AvgIpc) is 2.53. The van der Waals surface area contributed by atoms with Crippen LogP contribution in [0.15, 0.2) is 18.3 Å². The van der Waals surface area contributed by atoms with Crippen molar-refractivity contribution < 1.29 is 14.3 Å². The van der Waals surface area contributed by atoms with E-state index in [9.17, 15) is 9.59 Å². The van der Waals surface area contributed by atoms with Crippen LogP contribution in [0, 0.1) is 0 Å². The van der Waals surface area contributed by atoms with Crippen molar-refractivity contribution in [3.8, 4) is 0 Å². The van der Waals surface area contributed by atoms with Gasteiger partial charge in [-0.05, 0) is 18.6 Å². The second kappa shape index (κ2) is 7.73. The Balaban J connectivity index is 1.99. The number of aromatic nitrogens is 1. The lowest BCUT2D eigenvalue weighted by molar-refractivity contribution is -0.116. The van der Waals surface area contributed by atoms with E-state index in [1.54, 1.807) is 23.2 Å². The number of anilines is 1. The van der Waals surface area contributed by atoms with E-state index in [1.807, 2.05) is 6.92 Å². The van der Waals surface area contributed by atoms with E-state index in [0.29, 0.717) is 44.1 Å². The van der Waals surface area contributed by atoms with Crippen LogP contribution in [-0.4, -0.2) is 48.0 Å². The second-order valence-corrected chi connectivity index (χ2v) is 4.99. The van der Waals surface area contributed by atoms with Gasteiger partial charge in [0.25, 0.3) is 5.91 Å². The smallest absolute Gasteiger partial charge is 0.254 e. The first-order valence-electron chi connectivity index (χ1n) is 7.33. The number of ether oxygens (including phenoxy) is 1. The zero-order valence-electron chi connectivity index (χ0n) is 12.3. The van der Waals surface area contributed by atoms with Gasteiger partial charge in [-0.15, -0.1) is 0 Å². The minimum atomic E-state index is -0.0691. The van der Waals surface area contributed by atoms with E-state index in [1.165, 1.54) is 0 Å². The van der Waals surface area contributed by atoms with Crippen LogP contribution in [0.4, 0.5) is 5.82 Å². The summed E-state index contributed by atoms with van der Waals surface area (Å²) in [6, 6.07) is 3.29. The van der Waals surface area contributed by atoms with E-state index < -0.39 is 0 Å². The van der Waals surface area contributed by atoms with Crippen molar-refractivity contribution in [1.82, 2.24) is 9.88 Å². The number of hydrogen-bond acceptors (Lipinski definition) is 4. The number of nitrogens with zero attached hydrogens (tertiary/aromatic N) is 2. The van der Waals surface area contributed by atoms with Gasteiger partial charge >= 0.3 is 0 Å². The van der Waals surface area contributed by atoms with Gasteiger partial charge in [0, 0.05) is 31.3 Å². The molecule has 1 aliphatic heterocycles. The van der Waals surface area contributed by atoms with Gasteiger partial charge in [-0.25, -0.2) is 4.98 Å². The summed E-state index contributed by atoms with van der Waals surface area (Å²) in [4.78, 5) is 29.9. The van der Waals surface area contributed by atoms with Crippen molar-refractivity contribution in [2.24, 2.45) is 0 Å². The average molecular weight is 291 g/mol. The molecule has 0 saturated carbocycles. The molecule has 1 saturated heterocycles. The largest absolute Gasteiger partial charge is 0.378 e. The molecular weight excluding hydrogens is 270 g/mol. The molecule has 1 aromatic heterocycles. The summed E-state index contributed by atoms with van der Waals surface area (Å²) in [5.41, 5.74) is 0.540. The van der Waals surface area contributed by atoms with Gasteiger partial charge in [0.2, 0.25) is 5.91 Å². The Labute approximate surface area is 124 Å². The molecule has 1 aliphatic rings. The van der Waals surface area contributed by atoms with Crippen LogP contribution >= 0.6 is 0 Å². The summed E-state index contributed by atoms with van der Waals surface area (Å²) in [7, 11) is 0. The van der Waals surface area contributed by atoms with E-state index >= 15 is 0 Å². The molecule has 0 atom stereocenters. The highest BCUT2D eigenvalue weighted by Gasteiger charge is 2.19. The maximum atomic E-state index is 12.3. The minimum absolute atomic E-state index is 0.0512. The molecule has 0 spiro atoms. The molecule has 114 valence electrons. The molecular formula is C15H21N3O3. The van der Waals surface area contributed by atoms with Gasteiger partial charge in [-0.1, -0.05) is 13.3 Å². The number of morpholine rings is 1. The highest BCUT2D eigenvalue weighted by Crippen LogP contribution is 2.12. The normalized spacial score (nSPS) is 14.8. The lowest BCUT2D eigenvalue weighted by Crippen LogP contribution is -2.40. The van der Waals surface area contributed by atoms with Crippen LogP contribution in [0.3, 0.4) is 0 Å². The van der Waals surface area contributed by atoms with Crippen LogP contribution in [-0.2, 0) is 9.53 Å². The maximum Gasteiger partial charge on any atom is 0.254 e. The van der Waals surface area contributed by atoms with Crippen LogP contribution in [0.25, 0.3) is 0 Å². The number of nitrogens with one attached hydrogen (secondary N) is 1. The Morgan fingerprint density at radius 2 is 2.14 bits per heavy atom. The first-order valence-corrected chi connectivity index (χ1v) is 7.33. The predicted molar refractivity (Wildman–Crippen MR) is 79.1 cm³/mol. The lowest BCUT2D eigenvalue weighted by Gasteiger charge is -2.26. The standard InChI is InChI=1S/C15H21N3O3/c1-2-3-4-14(19)17-13-11-12(5-6-16-13)15(20)18-7-9-21-10-8-18/h5-6,11H,2-4,7-10H2,1H3,(H,16,17,19). The Bertz CT molecular complexity index is 499. The van der Waals surface area contributed by atoms with Crippen molar-refractivity contribution in [1.29, 1.82) is 0 Å². The first kappa shape index (κ1) is 15.4. The lowest BCUT2D eigenvalue weighted by atomic mass is 10.2. The van der Waals surface area contributed by atoms with Crippen molar-refractivity contribution >= 4 is 17.6 Å². The van der Waals surface area contributed by atoms with E-state index in [0.717, 1.165) is 12.8 Å². The quantitative estimate of drug-likeness (QED) is 0.896. The van der Waals surface area contributed by atoms with Gasteiger partial charge in [0.1, 0.15) is 5.82 Å². The number of amides is 2. The summed E-state index contributed by atoms with van der Waals surface area (Å²) in [5.74, 6) is 0.306. The zero-order chi connectivity index (χ0) is 15.1. The van der Waals surface area contributed by atoms with Gasteiger partial charge in [0.15, 0.2) is 0 Å². The third kappa shape index (κ3) is 4.53. The summed E-state index contributed by atoms with van der Waals surface area (Å²) >= 11 is 0. The number of pyridine rings is 1. The van der Waals surface area contributed by atoms with E-state index in [4.69, 9.17) is 4.74 Å². The molecule has 0 unspecified atom stereocenters. The van der Waals surface area contributed by atoms with Crippen LogP contribution in [0.2, 0.25) is 0 Å². The monoisotopic (exact) mass is 291 g/mol. The summed E-state index contributed by atoms with van der Waals surface area (Å²) < 4.78 is 5.24. The van der Waals surface area contributed by atoms with Gasteiger partial charge < -0.3 is 15.0 Å². The fourth-order valence-corrected chi connectivity index (χ4v) is 2.12. The molecule has 0 radical (unpaired) electrons. The molecule has 2 rings (SSSR count). The third-order valence-corrected chi connectivity index (χ3v) is 3.33. The molecule has 0 aromatic carbocycles. The third-order valence-electron chi connectivity index (χ3n) is 3.33. The molecule has 1 aromatic rings. The van der Waals surface area contributed by atoms with E-state index in [-0.39, 0.29) is 11.8 Å². The van der Waals surface area contributed by atoms with Crippen molar-refractivity contribution in [2.45, 2.75) is 26.2 Å². The molecule has 0 aliphatic carbocycles. The van der Waals surface area contributed by atoms with Crippen molar-refractivity contribution in [3.05, 3.63) is 23.9 Å². The fraction of sp³-hybridized carbons (Fsp3) is 0.533. The molecule has 2 heterocycles. The Hall–Kier alpha value is -1.95. The van der Waals surface area contributed by atoms with Gasteiger partial charge in [-0.3, -0.25) is 9.59 Å². The van der Waals surface area contributed by atoms with Crippen LogP contribution in [0.5, 0.6) is 0 Å². The zero-order valence-corrected chi connectivity index (χ0v) is 12.3.